The first-order valence-electron chi connectivity index (χ1n) is 18.0. The van der Waals surface area contributed by atoms with E-state index in [-0.39, 0.29) is 0 Å². The molecule has 0 spiro atoms. The van der Waals surface area contributed by atoms with Gasteiger partial charge in [-0.25, -0.2) is 0 Å². The van der Waals surface area contributed by atoms with Crippen LogP contribution in [0.3, 0.4) is 0 Å². The zero-order chi connectivity index (χ0) is 33.9. The molecular weight excluding hydrogens is 629 g/mol. The van der Waals surface area contributed by atoms with Crippen LogP contribution in [0.25, 0.3) is 92.1 Å². The minimum Gasteiger partial charge on any atom is -0.310 e. The third-order valence-corrected chi connectivity index (χ3v) is 11.3. The third kappa shape index (κ3) is 3.84. The highest BCUT2D eigenvalue weighted by Gasteiger charge is 2.21. The van der Waals surface area contributed by atoms with Crippen molar-refractivity contribution in [2.45, 2.75) is 0 Å². The van der Waals surface area contributed by atoms with Crippen molar-refractivity contribution in [2.24, 2.45) is 0 Å². The molecule has 0 N–H and O–H groups in total. The Hall–Kier alpha value is -6.90. The predicted molar refractivity (Wildman–Crippen MR) is 223 cm³/mol. The van der Waals surface area contributed by atoms with Crippen molar-refractivity contribution < 1.29 is 0 Å². The molecule has 52 heavy (non-hydrogen) atoms. The molecule has 2 nitrogen and oxygen atoms in total. The third-order valence-electron chi connectivity index (χ3n) is 11.3. The Morgan fingerprint density at radius 1 is 0.288 bits per heavy atom. The molecule has 2 heteroatoms. The second-order valence-electron chi connectivity index (χ2n) is 14.2. The van der Waals surface area contributed by atoms with Crippen LogP contribution in [-0.2, 0) is 0 Å². The van der Waals surface area contributed by atoms with E-state index in [2.05, 4.69) is 191 Å². The van der Waals surface area contributed by atoms with E-state index in [0.717, 1.165) is 22.7 Å². The van der Waals surface area contributed by atoms with Gasteiger partial charge in [-0.3, -0.25) is 0 Å². The van der Waals surface area contributed by atoms with E-state index in [9.17, 15) is 0 Å². The van der Waals surface area contributed by atoms with Gasteiger partial charge in [0, 0.05) is 33.5 Å². The zero-order valence-electron chi connectivity index (χ0n) is 28.2. The summed E-state index contributed by atoms with van der Waals surface area (Å²) in [4.78, 5) is 2.47. The number of para-hydroxylation sites is 2. The average molecular weight is 659 g/mol. The van der Waals surface area contributed by atoms with Gasteiger partial charge in [0.1, 0.15) is 0 Å². The summed E-state index contributed by atoms with van der Waals surface area (Å²) in [5.74, 6) is 0. The van der Waals surface area contributed by atoms with Crippen molar-refractivity contribution >= 4 is 104 Å². The highest BCUT2D eigenvalue weighted by atomic mass is 15.1. The van der Waals surface area contributed by atoms with Crippen molar-refractivity contribution in [1.82, 2.24) is 4.57 Å². The van der Waals surface area contributed by atoms with Crippen molar-refractivity contribution in [3.63, 3.8) is 0 Å². The van der Waals surface area contributed by atoms with E-state index >= 15 is 0 Å². The Kier molecular flexibility index (Phi) is 5.53. The van der Waals surface area contributed by atoms with Crippen LogP contribution < -0.4 is 4.90 Å². The molecule has 0 fully saturated rings. The monoisotopic (exact) mass is 658 g/mol. The van der Waals surface area contributed by atoms with Crippen molar-refractivity contribution in [3.05, 3.63) is 182 Å². The van der Waals surface area contributed by atoms with Crippen LogP contribution in [0.4, 0.5) is 17.1 Å². The first kappa shape index (κ1) is 27.9. The SMILES string of the molecule is c1ccc(-n2c3ccccc3c3cc(N(c4cc5ccc6cccc7ccc(c4)c5c67)c4cc5ccc6cccc7ccc(c4)c5c67)ccc32)cc1. The summed E-state index contributed by atoms with van der Waals surface area (Å²) >= 11 is 0. The highest BCUT2D eigenvalue weighted by Crippen LogP contribution is 2.45. The van der Waals surface area contributed by atoms with Gasteiger partial charge >= 0.3 is 0 Å². The van der Waals surface area contributed by atoms with E-state index < -0.39 is 0 Å². The fourth-order valence-electron chi connectivity index (χ4n) is 9.14. The number of hydrogen-bond acceptors (Lipinski definition) is 1. The highest BCUT2D eigenvalue weighted by molar-refractivity contribution is 6.25. The smallest absolute Gasteiger partial charge is 0.0542 e. The molecule has 1 aromatic heterocycles. The molecule has 0 bridgehead atoms. The Morgan fingerprint density at radius 3 is 1.27 bits per heavy atom. The standard InChI is InChI=1S/C50H30N2/c1-2-12-39(13-3-1)52-45-15-5-4-14-43(45)44-30-40(24-25-46(44)52)51(41-26-35-20-16-31-8-6-9-32-17-21-36(27-41)49(35)47(31)32)42-28-37-22-18-33-10-7-11-34-19-23-38(29-42)50(37)48(33)34/h1-30H. The minimum absolute atomic E-state index is 1.13. The van der Waals surface area contributed by atoms with Crippen LogP contribution >= 0.6 is 0 Å². The molecule has 240 valence electrons. The van der Waals surface area contributed by atoms with Crippen molar-refractivity contribution in [2.75, 3.05) is 4.90 Å². The topological polar surface area (TPSA) is 8.17 Å². The average Bonchev–Trinajstić information content (AvgIpc) is 3.53. The summed E-state index contributed by atoms with van der Waals surface area (Å²) in [7, 11) is 0. The van der Waals surface area contributed by atoms with Crippen LogP contribution in [-0.4, -0.2) is 4.57 Å². The van der Waals surface area contributed by atoms with Gasteiger partial charge in [-0.2, -0.15) is 0 Å². The molecule has 0 aliphatic heterocycles. The number of anilines is 3. The molecule has 1 heterocycles. The summed E-state index contributed by atoms with van der Waals surface area (Å²) in [5, 5.41) is 18.0. The van der Waals surface area contributed by atoms with E-state index in [1.807, 2.05) is 0 Å². The van der Waals surface area contributed by atoms with Crippen LogP contribution in [0.15, 0.2) is 182 Å². The van der Waals surface area contributed by atoms with Gasteiger partial charge in [-0.1, -0.05) is 121 Å². The van der Waals surface area contributed by atoms with Crippen LogP contribution in [0, 0.1) is 0 Å². The van der Waals surface area contributed by atoms with Crippen LogP contribution in [0.1, 0.15) is 0 Å². The summed E-state index contributed by atoms with van der Waals surface area (Å²) in [6.45, 7) is 0. The summed E-state index contributed by atoms with van der Waals surface area (Å²) in [5.41, 5.74) is 6.98. The van der Waals surface area contributed by atoms with Crippen LogP contribution in [0.2, 0.25) is 0 Å². The second-order valence-corrected chi connectivity index (χ2v) is 14.2. The van der Waals surface area contributed by atoms with Gasteiger partial charge in [0.2, 0.25) is 0 Å². The fraction of sp³-hybridized carbons (Fsp3) is 0. The fourth-order valence-corrected chi connectivity index (χ4v) is 9.14. The molecular formula is C50H30N2. The zero-order valence-corrected chi connectivity index (χ0v) is 28.2. The van der Waals surface area contributed by atoms with Crippen molar-refractivity contribution in [3.8, 4) is 5.69 Å². The lowest BCUT2D eigenvalue weighted by atomic mass is 9.92. The normalized spacial score (nSPS) is 12.2. The maximum Gasteiger partial charge on any atom is 0.0542 e. The summed E-state index contributed by atoms with van der Waals surface area (Å²) in [6, 6.07) is 67.5. The van der Waals surface area contributed by atoms with E-state index in [0.29, 0.717) is 0 Å². The lowest BCUT2D eigenvalue weighted by Gasteiger charge is -2.28. The van der Waals surface area contributed by atoms with Crippen LogP contribution in [0.5, 0.6) is 0 Å². The Balaban J connectivity index is 1.16. The molecule has 0 saturated carbocycles. The van der Waals surface area contributed by atoms with Gasteiger partial charge in [-0.15, -0.1) is 0 Å². The number of rotatable bonds is 4. The van der Waals surface area contributed by atoms with E-state index in [1.54, 1.807) is 0 Å². The lowest BCUT2D eigenvalue weighted by molar-refractivity contribution is 1.18. The van der Waals surface area contributed by atoms with Crippen molar-refractivity contribution in [1.29, 1.82) is 0 Å². The Bertz CT molecular complexity index is 3080. The Morgan fingerprint density at radius 2 is 0.731 bits per heavy atom. The first-order valence-corrected chi connectivity index (χ1v) is 18.0. The first-order chi connectivity index (χ1) is 25.8. The van der Waals surface area contributed by atoms with E-state index in [4.69, 9.17) is 0 Å². The predicted octanol–water partition coefficient (Wildman–Crippen LogP) is 14.0. The number of hydrogen-bond donors (Lipinski definition) is 0. The van der Waals surface area contributed by atoms with E-state index in [1.165, 1.54) is 86.4 Å². The quantitative estimate of drug-likeness (QED) is 0.171. The van der Waals surface area contributed by atoms with Gasteiger partial charge in [-0.05, 0) is 125 Å². The number of fused-ring (bicyclic) bond motifs is 3. The van der Waals surface area contributed by atoms with Gasteiger partial charge in [0.25, 0.3) is 0 Å². The number of aromatic nitrogens is 1. The van der Waals surface area contributed by atoms with Gasteiger partial charge in [0.15, 0.2) is 0 Å². The van der Waals surface area contributed by atoms with Gasteiger partial charge < -0.3 is 9.47 Å². The summed E-state index contributed by atoms with van der Waals surface area (Å²) < 4.78 is 2.39. The maximum atomic E-state index is 2.47. The molecule has 0 radical (unpaired) electrons. The number of nitrogens with zero attached hydrogens (tertiary/aromatic N) is 2. The molecule has 12 rings (SSSR count). The number of benzene rings is 11. The molecule has 11 aromatic carbocycles. The molecule has 0 aliphatic rings. The molecule has 0 atom stereocenters. The summed E-state index contributed by atoms with van der Waals surface area (Å²) in [6.07, 6.45) is 0. The molecule has 12 aromatic rings. The molecule has 0 unspecified atom stereocenters. The lowest BCUT2D eigenvalue weighted by Crippen LogP contribution is -2.10. The molecule has 0 aliphatic carbocycles. The second kappa shape index (κ2) is 10.3. The molecule has 0 saturated heterocycles. The molecule has 0 amide bonds. The Labute approximate surface area is 299 Å². The largest absolute Gasteiger partial charge is 0.310 e. The minimum atomic E-state index is 1.13. The maximum absolute atomic E-state index is 2.47. The van der Waals surface area contributed by atoms with Gasteiger partial charge in [0.05, 0.1) is 11.0 Å².